The fourth-order valence-electron chi connectivity index (χ4n) is 1.85. The first-order valence-corrected chi connectivity index (χ1v) is 6.96. The van der Waals surface area contributed by atoms with E-state index in [1.807, 2.05) is 39.1 Å². The van der Waals surface area contributed by atoms with Crippen LogP contribution in [0, 0.1) is 25.2 Å². The van der Waals surface area contributed by atoms with E-state index in [0.717, 1.165) is 17.0 Å². The van der Waals surface area contributed by atoms with Crippen molar-refractivity contribution in [2.75, 3.05) is 0 Å². The Hall–Kier alpha value is -1.80. The first kappa shape index (κ1) is 13.6. The third-order valence-electron chi connectivity index (χ3n) is 2.97. The van der Waals surface area contributed by atoms with Crippen LogP contribution < -0.4 is 4.74 Å². The van der Waals surface area contributed by atoms with Crippen molar-refractivity contribution in [1.82, 2.24) is 9.78 Å². The number of ether oxygens (including phenoxy) is 1. The number of hydrogen-bond acceptors (Lipinski definition) is 3. The molecule has 0 fully saturated rings. The van der Waals surface area contributed by atoms with E-state index in [1.165, 1.54) is 0 Å². The Balaban J connectivity index is 2.41. The monoisotopic (exact) mass is 319 g/mol. The Bertz CT molecular complexity index is 655. The lowest BCUT2D eigenvalue weighted by molar-refractivity contribution is 0.472. The van der Waals surface area contributed by atoms with Gasteiger partial charge in [-0.2, -0.15) is 10.4 Å². The van der Waals surface area contributed by atoms with Gasteiger partial charge in [0.25, 0.3) is 0 Å². The number of alkyl halides is 1. The van der Waals surface area contributed by atoms with Crippen LogP contribution in [0.1, 0.15) is 22.5 Å². The van der Waals surface area contributed by atoms with Crippen molar-refractivity contribution in [3.05, 3.63) is 40.7 Å². The van der Waals surface area contributed by atoms with E-state index in [0.29, 0.717) is 22.4 Å². The summed E-state index contributed by atoms with van der Waals surface area (Å²) in [6.07, 6.45) is 0. The minimum atomic E-state index is 0.527. The molecular formula is C14H14BrN3O. The van der Waals surface area contributed by atoms with Crippen LogP contribution in [0.3, 0.4) is 0 Å². The Morgan fingerprint density at radius 1 is 1.42 bits per heavy atom. The summed E-state index contributed by atoms with van der Waals surface area (Å²) in [4.78, 5) is 0. The predicted octanol–water partition coefficient (Wildman–Crippen LogP) is 3.60. The number of halogens is 1. The Labute approximate surface area is 120 Å². The molecule has 0 aliphatic carbocycles. The molecule has 0 bridgehead atoms. The molecule has 0 saturated heterocycles. The van der Waals surface area contributed by atoms with Gasteiger partial charge in [-0.25, -0.2) is 0 Å². The van der Waals surface area contributed by atoms with E-state index >= 15 is 0 Å². The van der Waals surface area contributed by atoms with Crippen LogP contribution in [0.4, 0.5) is 0 Å². The van der Waals surface area contributed by atoms with Gasteiger partial charge in [0, 0.05) is 12.4 Å². The van der Waals surface area contributed by atoms with E-state index in [4.69, 9.17) is 4.74 Å². The molecule has 98 valence electrons. The summed E-state index contributed by atoms with van der Waals surface area (Å²) in [5.74, 6) is 1.27. The molecule has 2 rings (SSSR count). The highest BCUT2D eigenvalue weighted by molar-refractivity contribution is 9.08. The zero-order chi connectivity index (χ0) is 14.0. The van der Waals surface area contributed by atoms with Gasteiger partial charge in [0.05, 0.1) is 11.3 Å². The van der Waals surface area contributed by atoms with Crippen LogP contribution >= 0.6 is 15.9 Å². The Kier molecular flexibility index (Phi) is 3.91. The molecule has 0 N–H and O–H groups in total. The molecule has 0 radical (unpaired) electrons. The summed E-state index contributed by atoms with van der Waals surface area (Å²) >= 11 is 3.38. The van der Waals surface area contributed by atoms with Crippen molar-refractivity contribution in [2.45, 2.75) is 19.2 Å². The fraction of sp³-hybridized carbons (Fsp3) is 0.286. The molecule has 19 heavy (non-hydrogen) atoms. The summed E-state index contributed by atoms with van der Waals surface area (Å²) in [6, 6.07) is 7.74. The maximum Gasteiger partial charge on any atom is 0.171 e. The zero-order valence-corrected chi connectivity index (χ0v) is 12.7. The van der Waals surface area contributed by atoms with Crippen molar-refractivity contribution in [3.8, 4) is 17.6 Å². The predicted molar refractivity (Wildman–Crippen MR) is 76.5 cm³/mol. The minimum Gasteiger partial charge on any atom is -0.452 e. The van der Waals surface area contributed by atoms with Gasteiger partial charge in [-0.05, 0) is 31.5 Å². The third kappa shape index (κ3) is 2.64. The molecule has 0 atom stereocenters. The summed E-state index contributed by atoms with van der Waals surface area (Å²) in [5.41, 5.74) is 3.32. The molecule has 1 heterocycles. The molecule has 0 unspecified atom stereocenters. The van der Waals surface area contributed by atoms with Crippen LogP contribution in [0.25, 0.3) is 0 Å². The summed E-state index contributed by atoms with van der Waals surface area (Å²) in [5, 5.41) is 14.2. The highest BCUT2D eigenvalue weighted by Crippen LogP contribution is 2.30. The Morgan fingerprint density at radius 2 is 2.16 bits per heavy atom. The molecule has 0 spiro atoms. The van der Waals surface area contributed by atoms with Crippen molar-refractivity contribution in [3.63, 3.8) is 0 Å². The summed E-state index contributed by atoms with van der Waals surface area (Å²) < 4.78 is 7.63. The number of benzene rings is 1. The first-order valence-electron chi connectivity index (χ1n) is 5.84. The maximum absolute atomic E-state index is 9.19. The highest BCUT2D eigenvalue weighted by Gasteiger charge is 2.14. The zero-order valence-electron chi connectivity index (χ0n) is 11.1. The molecule has 0 aliphatic heterocycles. The van der Waals surface area contributed by atoms with Crippen LogP contribution in [-0.4, -0.2) is 9.78 Å². The third-order valence-corrected chi connectivity index (χ3v) is 3.62. The number of hydrogen-bond donors (Lipinski definition) is 0. The van der Waals surface area contributed by atoms with Gasteiger partial charge in [-0.3, -0.25) is 4.68 Å². The second-order valence-corrected chi connectivity index (χ2v) is 4.86. The van der Waals surface area contributed by atoms with E-state index in [1.54, 1.807) is 4.68 Å². The fourth-order valence-corrected chi connectivity index (χ4v) is 2.20. The van der Waals surface area contributed by atoms with Crippen LogP contribution in [0.5, 0.6) is 11.5 Å². The van der Waals surface area contributed by atoms with E-state index in [-0.39, 0.29) is 0 Å². The molecule has 1 aromatic carbocycles. The van der Waals surface area contributed by atoms with Crippen molar-refractivity contribution in [2.24, 2.45) is 7.05 Å². The molecule has 2 aromatic rings. The van der Waals surface area contributed by atoms with Gasteiger partial charge < -0.3 is 4.74 Å². The van der Waals surface area contributed by atoms with Crippen molar-refractivity contribution >= 4 is 15.9 Å². The minimum absolute atomic E-state index is 0.527. The van der Waals surface area contributed by atoms with Crippen molar-refractivity contribution in [1.29, 1.82) is 5.26 Å². The molecule has 1 aromatic heterocycles. The molecule has 4 nitrogen and oxygen atoms in total. The summed E-state index contributed by atoms with van der Waals surface area (Å²) in [6.45, 7) is 3.83. The second-order valence-electron chi connectivity index (χ2n) is 4.30. The van der Waals surface area contributed by atoms with Gasteiger partial charge >= 0.3 is 0 Å². The number of rotatable bonds is 3. The normalized spacial score (nSPS) is 10.3. The van der Waals surface area contributed by atoms with Gasteiger partial charge in [-0.1, -0.05) is 22.0 Å². The number of aryl methyl sites for hydroxylation is 2. The molecule has 0 aliphatic rings. The van der Waals surface area contributed by atoms with Crippen LogP contribution in [-0.2, 0) is 12.4 Å². The van der Waals surface area contributed by atoms with Gasteiger partial charge in [0.15, 0.2) is 5.75 Å². The lowest BCUT2D eigenvalue weighted by atomic mass is 10.1. The van der Waals surface area contributed by atoms with E-state index in [2.05, 4.69) is 27.1 Å². The summed E-state index contributed by atoms with van der Waals surface area (Å²) in [7, 11) is 1.87. The average molecular weight is 320 g/mol. The Morgan fingerprint density at radius 3 is 2.68 bits per heavy atom. The standard InChI is InChI=1S/C14H14BrN3O/c1-9-14(10(2)18(3)17-9)19-13-5-4-11(7-15)6-12(13)8-16/h4-6H,7H2,1-3H3. The van der Waals surface area contributed by atoms with E-state index < -0.39 is 0 Å². The molecule has 0 amide bonds. The number of aromatic nitrogens is 2. The average Bonchev–Trinajstić information content (AvgIpc) is 2.65. The largest absolute Gasteiger partial charge is 0.452 e. The van der Waals surface area contributed by atoms with Crippen LogP contribution in [0.15, 0.2) is 18.2 Å². The lowest BCUT2D eigenvalue weighted by Gasteiger charge is -2.08. The maximum atomic E-state index is 9.19. The van der Waals surface area contributed by atoms with Gasteiger partial charge in [-0.15, -0.1) is 0 Å². The highest BCUT2D eigenvalue weighted by atomic mass is 79.9. The number of nitrogens with zero attached hydrogens (tertiary/aromatic N) is 3. The SMILES string of the molecule is Cc1nn(C)c(C)c1Oc1ccc(CBr)cc1C#N. The molecule has 5 heteroatoms. The van der Waals surface area contributed by atoms with Gasteiger partial charge in [0.2, 0.25) is 0 Å². The number of nitriles is 1. The quantitative estimate of drug-likeness (QED) is 0.812. The molecular weight excluding hydrogens is 306 g/mol. The molecule has 0 saturated carbocycles. The van der Waals surface area contributed by atoms with E-state index in [9.17, 15) is 5.26 Å². The lowest BCUT2D eigenvalue weighted by Crippen LogP contribution is -1.94. The second kappa shape index (κ2) is 5.45. The first-order chi connectivity index (χ1) is 9.06. The topological polar surface area (TPSA) is 50.8 Å². The van der Waals surface area contributed by atoms with Gasteiger partial charge in [0.1, 0.15) is 17.5 Å². The van der Waals surface area contributed by atoms with Crippen molar-refractivity contribution < 1.29 is 4.74 Å². The van der Waals surface area contributed by atoms with Crippen LogP contribution in [0.2, 0.25) is 0 Å². The smallest absolute Gasteiger partial charge is 0.171 e.